The van der Waals surface area contributed by atoms with Crippen LogP contribution < -0.4 is 0 Å². The maximum atomic E-state index is 13.1. The average molecular weight is 279 g/mol. The Morgan fingerprint density at radius 3 is 2.62 bits per heavy atom. The lowest BCUT2D eigenvalue weighted by molar-refractivity contribution is 0.0947. The summed E-state index contributed by atoms with van der Waals surface area (Å²) in [6.07, 6.45) is 4.83. The number of nitrogens with zero attached hydrogens (tertiary/aromatic N) is 1. The Kier molecular flexibility index (Phi) is 3.62. The molecule has 21 heavy (non-hydrogen) atoms. The van der Waals surface area contributed by atoms with E-state index in [9.17, 15) is 4.79 Å². The third-order valence-corrected chi connectivity index (χ3v) is 4.43. The number of benzene rings is 1. The minimum Gasteiger partial charge on any atom is -0.293 e. The lowest BCUT2D eigenvalue weighted by atomic mass is 9.80. The molecular formula is C19H21NO. The molecule has 0 N–H and O–H groups in total. The van der Waals surface area contributed by atoms with Crippen LogP contribution in [0.5, 0.6) is 0 Å². The fourth-order valence-electron chi connectivity index (χ4n) is 3.61. The van der Waals surface area contributed by atoms with Crippen molar-refractivity contribution in [2.75, 3.05) is 0 Å². The van der Waals surface area contributed by atoms with Gasteiger partial charge < -0.3 is 0 Å². The first-order chi connectivity index (χ1) is 10.1. The van der Waals surface area contributed by atoms with Gasteiger partial charge >= 0.3 is 0 Å². The van der Waals surface area contributed by atoms with Gasteiger partial charge in [-0.25, -0.2) is 0 Å². The number of carbonyl (C=O) groups is 1. The fraction of sp³-hybridized carbons (Fsp3) is 0.368. The zero-order valence-electron chi connectivity index (χ0n) is 12.9. The van der Waals surface area contributed by atoms with Gasteiger partial charge in [-0.2, -0.15) is 0 Å². The predicted octanol–water partition coefficient (Wildman–Crippen LogP) is 4.31. The summed E-state index contributed by atoms with van der Waals surface area (Å²) in [6.45, 7) is 6.15. The van der Waals surface area contributed by atoms with E-state index in [1.54, 1.807) is 6.20 Å². The molecule has 0 aliphatic heterocycles. The highest BCUT2D eigenvalue weighted by molar-refractivity contribution is 6.03. The Bertz CT molecular complexity index is 679. The van der Waals surface area contributed by atoms with Crippen molar-refractivity contribution in [3.8, 4) is 0 Å². The molecule has 1 aromatic heterocycles. The molecule has 0 spiro atoms. The minimum absolute atomic E-state index is 0.0740. The van der Waals surface area contributed by atoms with Gasteiger partial charge in [-0.15, -0.1) is 0 Å². The summed E-state index contributed by atoms with van der Waals surface area (Å²) in [4.78, 5) is 17.6. The molecule has 0 saturated carbocycles. The molecule has 1 unspecified atom stereocenters. The lowest BCUT2D eigenvalue weighted by Crippen LogP contribution is -2.21. The number of hydrogen-bond acceptors (Lipinski definition) is 2. The molecule has 1 aromatic carbocycles. The highest BCUT2D eigenvalue weighted by Gasteiger charge is 2.29. The molecule has 0 fully saturated rings. The van der Waals surface area contributed by atoms with Crippen LogP contribution in [0.2, 0.25) is 0 Å². The molecule has 1 aliphatic carbocycles. The van der Waals surface area contributed by atoms with Crippen LogP contribution in [0.1, 0.15) is 57.1 Å². The number of hydrogen-bond donors (Lipinski definition) is 0. The fourth-order valence-corrected chi connectivity index (χ4v) is 3.61. The van der Waals surface area contributed by atoms with Crippen molar-refractivity contribution in [2.45, 2.75) is 46.0 Å². The molecule has 1 heterocycles. The highest BCUT2D eigenvalue weighted by Crippen LogP contribution is 2.34. The van der Waals surface area contributed by atoms with Gasteiger partial charge in [-0.3, -0.25) is 9.78 Å². The second kappa shape index (κ2) is 5.44. The summed E-state index contributed by atoms with van der Waals surface area (Å²) in [5.74, 6) is 0.166. The van der Waals surface area contributed by atoms with Gasteiger partial charge in [0.25, 0.3) is 0 Å². The highest BCUT2D eigenvalue weighted by atomic mass is 16.1. The van der Waals surface area contributed by atoms with E-state index in [1.165, 1.54) is 11.1 Å². The van der Waals surface area contributed by atoms with Crippen molar-refractivity contribution in [3.05, 3.63) is 64.0 Å². The topological polar surface area (TPSA) is 30.0 Å². The molecule has 2 heteroatoms. The first-order valence-corrected chi connectivity index (χ1v) is 7.64. The summed E-state index contributed by atoms with van der Waals surface area (Å²) in [7, 11) is 0. The summed E-state index contributed by atoms with van der Waals surface area (Å²) >= 11 is 0. The van der Waals surface area contributed by atoms with Gasteiger partial charge in [-0.05, 0) is 62.8 Å². The van der Waals surface area contributed by atoms with E-state index < -0.39 is 0 Å². The molecule has 1 atom stereocenters. The predicted molar refractivity (Wildman–Crippen MR) is 84.9 cm³/mol. The summed E-state index contributed by atoms with van der Waals surface area (Å²) in [5.41, 5.74) is 6.51. The largest absolute Gasteiger partial charge is 0.293 e. The molecule has 0 saturated heterocycles. The molecule has 108 valence electrons. The van der Waals surface area contributed by atoms with Crippen LogP contribution in [-0.4, -0.2) is 10.8 Å². The molecule has 0 amide bonds. The van der Waals surface area contributed by atoms with Crippen LogP contribution in [-0.2, 0) is 6.42 Å². The molecule has 2 aromatic rings. The lowest BCUT2D eigenvalue weighted by Gasteiger charge is -2.24. The molecule has 0 bridgehead atoms. The smallest absolute Gasteiger partial charge is 0.172 e. The maximum absolute atomic E-state index is 13.1. The van der Waals surface area contributed by atoms with Gasteiger partial charge in [0, 0.05) is 11.8 Å². The third kappa shape index (κ3) is 2.51. The van der Waals surface area contributed by atoms with Crippen LogP contribution in [0.4, 0.5) is 0 Å². The zero-order chi connectivity index (χ0) is 15.0. The Hall–Kier alpha value is -1.96. The van der Waals surface area contributed by atoms with E-state index in [0.717, 1.165) is 41.6 Å². The Balaban J connectivity index is 2.05. The van der Waals surface area contributed by atoms with Gasteiger partial charge in [0.15, 0.2) is 5.78 Å². The zero-order valence-corrected chi connectivity index (χ0v) is 12.9. The standard InChI is InChI=1S/C19H21NO/c1-12-10-13(2)17(14(3)11-12)19(21)16-8-4-6-15-7-5-9-20-18(15)16/h5,7,9-11,16H,4,6,8H2,1-3H3. The number of Topliss-reactive ketones (excluding diaryl/α,β-unsaturated/α-hetero) is 1. The number of fused-ring (bicyclic) bond motifs is 1. The summed E-state index contributed by atoms with van der Waals surface area (Å²) in [5, 5.41) is 0. The Morgan fingerprint density at radius 1 is 1.19 bits per heavy atom. The molecule has 2 nitrogen and oxygen atoms in total. The molecule has 0 radical (unpaired) electrons. The molecular weight excluding hydrogens is 258 g/mol. The Morgan fingerprint density at radius 2 is 1.90 bits per heavy atom. The first kappa shape index (κ1) is 14.0. The van der Waals surface area contributed by atoms with Gasteiger partial charge in [0.1, 0.15) is 0 Å². The minimum atomic E-state index is -0.0740. The van der Waals surface area contributed by atoms with E-state index >= 15 is 0 Å². The van der Waals surface area contributed by atoms with E-state index in [-0.39, 0.29) is 11.7 Å². The number of pyridine rings is 1. The number of aromatic nitrogens is 1. The summed E-state index contributed by atoms with van der Waals surface area (Å²) < 4.78 is 0. The van der Waals surface area contributed by atoms with Crippen molar-refractivity contribution in [1.29, 1.82) is 0 Å². The van der Waals surface area contributed by atoms with Crippen LogP contribution in [0.25, 0.3) is 0 Å². The number of ketones is 1. The Labute approximate surface area is 126 Å². The second-order valence-corrected chi connectivity index (χ2v) is 6.13. The quantitative estimate of drug-likeness (QED) is 0.767. The number of rotatable bonds is 2. The van der Waals surface area contributed by atoms with Crippen LogP contribution >= 0.6 is 0 Å². The van der Waals surface area contributed by atoms with E-state index in [1.807, 2.05) is 19.9 Å². The second-order valence-electron chi connectivity index (χ2n) is 6.13. The molecule has 3 rings (SSSR count). The van der Waals surface area contributed by atoms with Crippen molar-refractivity contribution in [1.82, 2.24) is 4.98 Å². The SMILES string of the molecule is Cc1cc(C)c(C(=O)C2CCCc3cccnc32)c(C)c1. The van der Waals surface area contributed by atoms with Crippen LogP contribution in [0.15, 0.2) is 30.5 Å². The van der Waals surface area contributed by atoms with E-state index in [2.05, 4.69) is 30.1 Å². The first-order valence-electron chi connectivity index (χ1n) is 7.64. The van der Waals surface area contributed by atoms with Crippen molar-refractivity contribution in [2.24, 2.45) is 0 Å². The maximum Gasteiger partial charge on any atom is 0.172 e. The van der Waals surface area contributed by atoms with Crippen molar-refractivity contribution >= 4 is 5.78 Å². The number of aryl methyl sites for hydroxylation is 4. The van der Waals surface area contributed by atoms with Crippen molar-refractivity contribution < 1.29 is 4.79 Å². The monoisotopic (exact) mass is 279 g/mol. The van der Waals surface area contributed by atoms with Crippen LogP contribution in [0, 0.1) is 20.8 Å². The van der Waals surface area contributed by atoms with Gasteiger partial charge in [0.2, 0.25) is 0 Å². The van der Waals surface area contributed by atoms with E-state index in [0.29, 0.717) is 0 Å². The van der Waals surface area contributed by atoms with Gasteiger partial charge in [0.05, 0.1) is 11.6 Å². The van der Waals surface area contributed by atoms with Gasteiger partial charge in [-0.1, -0.05) is 23.8 Å². The normalized spacial score (nSPS) is 17.4. The summed E-state index contributed by atoms with van der Waals surface area (Å²) in [6, 6.07) is 8.27. The van der Waals surface area contributed by atoms with E-state index in [4.69, 9.17) is 0 Å². The molecule has 1 aliphatic rings. The number of carbonyl (C=O) groups excluding carboxylic acids is 1. The average Bonchev–Trinajstić information content (AvgIpc) is 2.45. The van der Waals surface area contributed by atoms with Crippen LogP contribution in [0.3, 0.4) is 0 Å². The third-order valence-electron chi connectivity index (χ3n) is 4.43. The van der Waals surface area contributed by atoms with Crippen molar-refractivity contribution in [3.63, 3.8) is 0 Å².